The topological polar surface area (TPSA) is 116 Å². The summed E-state index contributed by atoms with van der Waals surface area (Å²) >= 11 is 0. The molecule has 0 radical (unpaired) electrons. The zero-order valence-corrected chi connectivity index (χ0v) is 23.5. The zero-order chi connectivity index (χ0) is 28.5. The number of hydrogen-bond acceptors (Lipinski definition) is 6. The van der Waals surface area contributed by atoms with E-state index in [9.17, 15) is 18.0 Å². The maximum Gasteiger partial charge on any atom is 0.343 e. The van der Waals surface area contributed by atoms with Crippen molar-refractivity contribution in [3.05, 3.63) is 83.6 Å². The molecule has 2 N–H and O–H groups in total. The molecule has 1 aromatic heterocycles. The monoisotopic (exact) mass is 549 g/mol. The van der Waals surface area contributed by atoms with E-state index in [0.717, 1.165) is 11.8 Å². The van der Waals surface area contributed by atoms with Crippen molar-refractivity contribution in [3.8, 4) is 11.5 Å². The van der Waals surface area contributed by atoms with Crippen LogP contribution in [0.25, 0.3) is 10.9 Å². The number of benzene rings is 3. The first-order valence-electron chi connectivity index (χ1n) is 12.2. The lowest BCUT2D eigenvalue weighted by molar-refractivity contribution is 0.0736. The SMILES string of the molecule is COc1c(NC(=O)c2cc3cccc(OC(=O)c4ccccc4)c3n2C)cc(C(C)(C)C)cc1NS(C)(=O)=O. The highest BCUT2D eigenvalue weighted by atomic mass is 32.2. The van der Waals surface area contributed by atoms with Crippen molar-refractivity contribution in [2.75, 3.05) is 23.4 Å². The molecule has 0 spiro atoms. The number of nitrogens with one attached hydrogen (secondary N) is 2. The Morgan fingerprint density at radius 2 is 1.59 bits per heavy atom. The molecule has 0 aliphatic heterocycles. The summed E-state index contributed by atoms with van der Waals surface area (Å²) in [6, 6.07) is 19.0. The van der Waals surface area contributed by atoms with Crippen LogP contribution in [0.5, 0.6) is 11.5 Å². The average Bonchev–Trinajstić information content (AvgIpc) is 3.20. The molecular weight excluding hydrogens is 518 g/mol. The number of amides is 1. The van der Waals surface area contributed by atoms with Gasteiger partial charge in [0.05, 0.1) is 35.8 Å². The number of sulfonamides is 1. The summed E-state index contributed by atoms with van der Waals surface area (Å²) in [5, 5.41) is 3.58. The number of nitrogens with zero attached hydrogens (tertiary/aromatic N) is 1. The third-order valence-electron chi connectivity index (χ3n) is 6.17. The highest BCUT2D eigenvalue weighted by Crippen LogP contribution is 2.39. The van der Waals surface area contributed by atoms with E-state index < -0.39 is 21.9 Å². The molecule has 204 valence electrons. The second kappa shape index (κ2) is 10.5. The first-order chi connectivity index (χ1) is 18.3. The summed E-state index contributed by atoms with van der Waals surface area (Å²) in [6.45, 7) is 5.94. The summed E-state index contributed by atoms with van der Waals surface area (Å²) in [5.74, 6) is -0.471. The van der Waals surface area contributed by atoms with Crippen LogP contribution in [0.1, 0.15) is 47.2 Å². The van der Waals surface area contributed by atoms with E-state index in [1.54, 1.807) is 66.2 Å². The van der Waals surface area contributed by atoms with Crippen molar-refractivity contribution < 1.29 is 27.5 Å². The molecule has 0 fully saturated rings. The summed E-state index contributed by atoms with van der Waals surface area (Å²) in [7, 11) is -0.510. The summed E-state index contributed by atoms with van der Waals surface area (Å²) in [5.41, 5.74) is 2.24. The molecule has 0 unspecified atom stereocenters. The van der Waals surface area contributed by atoms with Crippen LogP contribution in [0.3, 0.4) is 0 Å². The van der Waals surface area contributed by atoms with Crippen LogP contribution in [0, 0.1) is 0 Å². The van der Waals surface area contributed by atoms with Gasteiger partial charge in [-0.05, 0) is 47.4 Å². The molecule has 9 nitrogen and oxygen atoms in total. The van der Waals surface area contributed by atoms with Crippen LogP contribution in [0.2, 0.25) is 0 Å². The minimum Gasteiger partial charge on any atom is -0.492 e. The highest BCUT2D eigenvalue weighted by Gasteiger charge is 2.24. The first kappa shape index (κ1) is 27.7. The quantitative estimate of drug-likeness (QED) is 0.238. The Labute approximate surface area is 227 Å². The van der Waals surface area contributed by atoms with Crippen LogP contribution in [0.4, 0.5) is 11.4 Å². The second-order valence-corrected chi connectivity index (χ2v) is 12.0. The number of para-hydroxylation sites is 1. The van der Waals surface area contributed by atoms with Gasteiger partial charge in [0.25, 0.3) is 5.91 Å². The Balaban J connectivity index is 1.73. The van der Waals surface area contributed by atoms with Gasteiger partial charge in [0.1, 0.15) is 5.69 Å². The van der Waals surface area contributed by atoms with Crippen LogP contribution in [-0.2, 0) is 22.5 Å². The van der Waals surface area contributed by atoms with E-state index >= 15 is 0 Å². The fraction of sp³-hybridized carbons (Fsp3) is 0.241. The molecule has 0 bridgehead atoms. The van der Waals surface area contributed by atoms with E-state index in [0.29, 0.717) is 33.6 Å². The van der Waals surface area contributed by atoms with Gasteiger partial charge in [-0.3, -0.25) is 9.52 Å². The number of anilines is 2. The molecule has 0 aliphatic rings. The van der Waals surface area contributed by atoms with E-state index in [2.05, 4.69) is 10.0 Å². The molecule has 39 heavy (non-hydrogen) atoms. The number of aromatic nitrogens is 1. The number of esters is 1. The summed E-state index contributed by atoms with van der Waals surface area (Å²) in [6.07, 6.45) is 1.05. The van der Waals surface area contributed by atoms with Gasteiger partial charge < -0.3 is 19.4 Å². The van der Waals surface area contributed by atoms with E-state index in [1.807, 2.05) is 32.9 Å². The maximum atomic E-state index is 13.6. The Bertz CT molecular complexity index is 1670. The lowest BCUT2D eigenvalue weighted by Gasteiger charge is -2.24. The standard InChI is InChI=1S/C29H31N3O6S/c1-29(2,3)20-16-21(26(37-5)22(17-20)31-39(6,35)36)30-27(33)23-15-19-13-10-14-24(25(19)32(23)4)38-28(34)18-11-8-7-9-12-18/h7-17,31H,1-6H3,(H,30,33). The van der Waals surface area contributed by atoms with Crippen molar-refractivity contribution in [1.82, 2.24) is 4.57 Å². The lowest BCUT2D eigenvalue weighted by Crippen LogP contribution is -2.19. The van der Waals surface area contributed by atoms with Gasteiger partial charge in [-0.15, -0.1) is 0 Å². The minimum atomic E-state index is -3.62. The third-order valence-corrected chi connectivity index (χ3v) is 6.76. The normalized spacial score (nSPS) is 11.7. The lowest BCUT2D eigenvalue weighted by atomic mass is 9.86. The largest absolute Gasteiger partial charge is 0.492 e. The van der Waals surface area contributed by atoms with E-state index in [-0.39, 0.29) is 16.9 Å². The molecule has 0 aliphatic carbocycles. The molecule has 1 amide bonds. The maximum absolute atomic E-state index is 13.6. The number of carbonyl (C=O) groups is 2. The van der Waals surface area contributed by atoms with Crippen LogP contribution in [-0.4, -0.2) is 38.2 Å². The fourth-order valence-corrected chi connectivity index (χ4v) is 4.80. The second-order valence-electron chi connectivity index (χ2n) is 10.2. The van der Waals surface area contributed by atoms with Crippen LogP contribution < -0.4 is 19.5 Å². The van der Waals surface area contributed by atoms with Crippen molar-refractivity contribution in [2.45, 2.75) is 26.2 Å². The number of rotatable bonds is 7. The molecule has 0 saturated carbocycles. The Hall–Kier alpha value is -4.31. The summed E-state index contributed by atoms with van der Waals surface area (Å²) < 4.78 is 39.4. The molecule has 0 atom stereocenters. The average molecular weight is 550 g/mol. The van der Waals surface area contributed by atoms with Crippen molar-refractivity contribution in [1.29, 1.82) is 0 Å². The molecule has 4 aromatic rings. The smallest absolute Gasteiger partial charge is 0.343 e. The Morgan fingerprint density at radius 3 is 2.21 bits per heavy atom. The fourth-order valence-electron chi connectivity index (χ4n) is 4.25. The molecular formula is C29H31N3O6S. The van der Waals surface area contributed by atoms with E-state index in [1.165, 1.54) is 7.11 Å². The van der Waals surface area contributed by atoms with Gasteiger partial charge in [0, 0.05) is 12.4 Å². The first-order valence-corrected chi connectivity index (χ1v) is 14.0. The predicted octanol–water partition coefficient (Wildman–Crippen LogP) is 5.33. The zero-order valence-electron chi connectivity index (χ0n) is 22.7. The van der Waals surface area contributed by atoms with Crippen LogP contribution >= 0.6 is 0 Å². The third kappa shape index (κ3) is 6.06. The Morgan fingerprint density at radius 1 is 0.923 bits per heavy atom. The summed E-state index contributed by atoms with van der Waals surface area (Å²) in [4.78, 5) is 26.2. The highest BCUT2D eigenvalue weighted by molar-refractivity contribution is 7.92. The molecule has 4 rings (SSSR count). The number of aryl methyl sites for hydroxylation is 1. The van der Waals surface area contributed by atoms with Crippen molar-refractivity contribution in [2.24, 2.45) is 7.05 Å². The molecule has 3 aromatic carbocycles. The van der Waals surface area contributed by atoms with Crippen LogP contribution in [0.15, 0.2) is 66.7 Å². The molecule has 1 heterocycles. The minimum absolute atomic E-state index is 0.179. The molecule has 0 saturated heterocycles. The van der Waals surface area contributed by atoms with E-state index in [4.69, 9.17) is 9.47 Å². The van der Waals surface area contributed by atoms with Gasteiger partial charge in [-0.1, -0.05) is 51.1 Å². The van der Waals surface area contributed by atoms with Gasteiger partial charge >= 0.3 is 5.97 Å². The number of fused-ring (bicyclic) bond motifs is 1. The number of methoxy groups -OCH3 is 1. The van der Waals surface area contributed by atoms with Crippen molar-refractivity contribution >= 4 is 44.2 Å². The van der Waals surface area contributed by atoms with Gasteiger partial charge in [0.15, 0.2) is 11.5 Å². The van der Waals surface area contributed by atoms with Crippen molar-refractivity contribution in [3.63, 3.8) is 0 Å². The molecule has 10 heteroatoms. The number of carbonyl (C=O) groups excluding carboxylic acids is 2. The van der Waals surface area contributed by atoms with Gasteiger partial charge in [-0.25, -0.2) is 13.2 Å². The van der Waals surface area contributed by atoms with Gasteiger partial charge in [0.2, 0.25) is 10.0 Å². The number of ether oxygens (including phenoxy) is 2. The number of hydrogen-bond donors (Lipinski definition) is 2. The Kier molecular flexibility index (Phi) is 7.43. The van der Waals surface area contributed by atoms with Gasteiger partial charge in [-0.2, -0.15) is 0 Å². The predicted molar refractivity (Wildman–Crippen MR) is 152 cm³/mol.